The van der Waals surface area contributed by atoms with E-state index in [1.807, 2.05) is 18.2 Å². The van der Waals surface area contributed by atoms with Gasteiger partial charge in [-0.3, -0.25) is 4.72 Å². The van der Waals surface area contributed by atoms with Crippen molar-refractivity contribution in [3.8, 4) is 0 Å². The molecule has 0 saturated carbocycles. The van der Waals surface area contributed by atoms with Crippen molar-refractivity contribution in [2.45, 2.75) is 12.2 Å². The predicted molar refractivity (Wildman–Crippen MR) is 106 cm³/mol. The summed E-state index contributed by atoms with van der Waals surface area (Å²) in [6.45, 7) is 0.525. The van der Waals surface area contributed by atoms with Gasteiger partial charge in [-0.1, -0.05) is 103 Å². The van der Waals surface area contributed by atoms with E-state index < -0.39 is 0 Å². The minimum atomic E-state index is 0.525. The van der Waals surface area contributed by atoms with E-state index in [-0.39, 0.29) is 0 Å². The number of hydrogen-bond donors (Lipinski definition) is 2. The van der Waals surface area contributed by atoms with Crippen molar-refractivity contribution in [1.29, 1.82) is 0 Å². The van der Waals surface area contributed by atoms with Crippen LogP contribution < -0.4 is 10.5 Å². The van der Waals surface area contributed by atoms with Gasteiger partial charge in [0.05, 0.1) is 6.67 Å². The van der Waals surface area contributed by atoms with Crippen LogP contribution >= 0.6 is 11.9 Å². The van der Waals surface area contributed by atoms with Crippen molar-refractivity contribution in [1.82, 2.24) is 4.72 Å². The molecule has 0 fully saturated rings. The molecule has 0 heterocycles. The molecule has 124 valence electrons. The summed E-state index contributed by atoms with van der Waals surface area (Å²) in [6, 6.07) is 31.4. The monoisotopic (exact) mass is 336 g/mol. The van der Waals surface area contributed by atoms with Gasteiger partial charge in [0.2, 0.25) is 0 Å². The van der Waals surface area contributed by atoms with Crippen LogP contribution in [0.5, 0.6) is 0 Å². The molecule has 3 N–H and O–H groups in total. The zero-order chi connectivity index (χ0) is 16.9. The minimum absolute atomic E-state index is 0.525. The molecule has 0 aliphatic carbocycles. The molecule has 0 amide bonds. The van der Waals surface area contributed by atoms with Gasteiger partial charge in [0.15, 0.2) is 0 Å². The van der Waals surface area contributed by atoms with Crippen LogP contribution in [-0.2, 0) is 12.2 Å². The Morgan fingerprint density at radius 3 is 1.46 bits per heavy atom. The van der Waals surface area contributed by atoms with E-state index in [1.54, 1.807) is 11.9 Å². The summed E-state index contributed by atoms with van der Waals surface area (Å²) in [6.07, 6.45) is 1.03. The van der Waals surface area contributed by atoms with Crippen LogP contribution in [0.1, 0.15) is 16.7 Å². The average molecular weight is 337 g/mol. The van der Waals surface area contributed by atoms with Crippen molar-refractivity contribution < 1.29 is 0 Å². The van der Waals surface area contributed by atoms with Gasteiger partial charge < -0.3 is 5.73 Å². The summed E-state index contributed by atoms with van der Waals surface area (Å²) in [4.78, 5) is 0. The maximum atomic E-state index is 5.26. The molecule has 0 aromatic heterocycles. The first-order valence-electron chi connectivity index (χ1n) is 8.05. The van der Waals surface area contributed by atoms with E-state index in [1.165, 1.54) is 16.7 Å². The second-order valence-electron chi connectivity index (χ2n) is 5.27. The Labute approximate surface area is 149 Å². The largest absolute Gasteiger partial charge is 0.318 e. The highest BCUT2D eigenvalue weighted by Gasteiger charge is 1.92. The van der Waals surface area contributed by atoms with Gasteiger partial charge >= 0.3 is 0 Å². The molecule has 0 aliphatic heterocycles. The molecular weight excluding hydrogens is 312 g/mol. The maximum absolute atomic E-state index is 5.26. The van der Waals surface area contributed by atoms with Gasteiger partial charge in [0.25, 0.3) is 0 Å². The zero-order valence-corrected chi connectivity index (χ0v) is 14.6. The maximum Gasteiger partial charge on any atom is 0.0527 e. The molecule has 3 heteroatoms. The molecular formula is C21H24N2S. The van der Waals surface area contributed by atoms with Crippen molar-refractivity contribution in [3.63, 3.8) is 0 Å². The Balaban J connectivity index is 0.000000177. The summed E-state index contributed by atoms with van der Waals surface area (Å²) < 4.78 is 2.99. The fourth-order valence-electron chi connectivity index (χ4n) is 2.19. The SMILES string of the molecule is NCNSCc1ccccc1.c1ccc(Cc2ccccc2)cc1. The third-order valence-corrected chi connectivity index (χ3v) is 4.21. The zero-order valence-electron chi connectivity index (χ0n) is 13.8. The fraction of sp³-hybridized carbons (Fsp3) is 0.143. The van der Waals surface area contributed by atoms with Crippen LogP contribution in [0.25, 0.3) is 0 Å². The summed E-state index contributed by atoms with van der Waals surface area (Å²) in [7, 11) is 0. The first-order chi connectivity index (χ1) is 11.9. The smallest absolute Gasteiger partial charge is 0.0527 e. The standard InChI is InChI=1S/C13H12.C8H12N2S/c1-3-7-12(8-4-1)11-13-9-5-2-6-10-13;9-7-10-11-6-8-4-2-1-3-5-8/h1-10H,11H2;1-5,10H,6-7,9H2. The minimum Gasteiger partial charge on any atom is -0.318 e. The van der Waals surface area contributed by atoms with Gasteiger partial charge in [0.1, 0.15) is 0 Å². The fourth-order valence-corrected chi connectivity index (χ4v) is 2.77. The lowest BCUT2D eigenvalue weighted by Gasteiger charge is -2.00. The summed E-state index contributed by atoms with van der Waals surface area (Å²) in [5.74, 6) is 0.970. The van der Waals surface area contributed by atoms with Crippen LogP contribution in [0.2, 0.25) is 0 Å². The van der Waals surface area contributed by atoms with Crippen LogP contribution in [0.15, 0.2) is 91.0 Å². The lowest BCUT2D eigenvalue weighted by molar-refractivity contribution is 0.983. The molecule has 3 aromatic carbocycles. The van der Waals surface area contributed by atoms with Crippen molar-refractivity contribution >= 4 is 11.9 Å². The van der Waals surface area contributed by atoms with Crippen LogP contribution in [0, 0.1) is 0 Å². The molecule has 24 heavy (non-hydrogen) atoms. The van der Waals surface area contributed by atoms with Crippen LogP contribution in [-0.4, -0.2) is 6.67 Å². The molecule has 0 bridgehead atoms. The molecule has 3 rings (SSSR count). The number of nitrogens with two attached hydrogens (primary N) is 1. The number of hydrogen-bond acceptors (Lipinski definition) is 3. The van der Waals surface area contributed by atoms with Gasteiger partial charge in [0, 0.05) is 5.75 Å². The molecule has 0 spiro atoms. The van der Waals surface area contributed by atoms with Gasteiger partial charge in [-0.25, -0.2) is 0 Å². The molecule has 2 nitrogen and oxygen atoms in total. The molecule has 0 radical (unpaired) electrons. The van der Waals surface area contributed by atoms with E-state index in [0.717, 1.165) is 12.2 Å². The number of nitrogens with one attached hydrogen (secondary N) is 1. The van der Waals surface area contributed by atoms with E-state index in [2.05, 4.69) is 77.5 Å². The summed E-state index contributed by atoms with van der Waals surface area (Å²) >= 11 is 1.63. The molecule has 3 aromatic rings. The lowest BCUT2D eigenvalue weighted by Crippen LogP contribution is -2.14. The van der Waals surface area contributed by atoms with Crippen LogP contribution in [0.3, 0.4) is 0 Å². The highest BCUT2D eigenvalue weighted by atomic mass is 32.2. The van der Waals surface area contributed by atoms with Gasteiger partial charge in [-0.15, -0.1) is 0 Å². The Morgan fingerprint density at radius 1 is 0.625 bits per heavy atom. The van der Waals surface area contributed by atoms with Gasteiger partial charge in [-0.05, 0) is 23.1 Å². The first kappa shape index (κ1) is 18.3. The average Bonchev–Trinajstić information content (AvgIpc) is 2.65. The number of benzene rings is 3. The van der Waals surface area contributed by atoms with E-state index >= 15 is 0 Å². The van der Waals surface area contributed by atoms with Crippen molar-refractivity contribution in [3.05, 3.63) is 108 Å². The highest BCUT2D eigenvalue weighted by molar-refractivity contribution is 7.96. The molecule has 0 saturated heterocycles. The third kappa shape index (κ3) is 7.47. The Kier molecular flexibility index (Phi) is 8.73. The Morgan fingerprint density at radius 2 is 1.04 bits per heavy atom. The third-order valence-electron chi connectivity index (χ3n) is 3.36. The van der Waals surface area contributed by atoms with E-state index in [4.69, 9.17) is 5.73 Å². The highest BCUT2D eigenvalue weighted by Crippen LogP contribution is 2.08. The topological polar surface area (TPSA) is 38.0 Å². The summed E-state index contributed by atoms with van der Waals surface area (Å²) in [5, 5.41) is 0. The van der Waals surface area contributed by atoms with Crippen molar-refractivity contribution in [2.24, 2.45) is 5.73 Å². The first-order valence-corrected chi connectivity index (χ1v) is 9.03. The Bertz CT molecular complexity index is 620. The predicted octanol–water partition coefficient (Wildman–Crippen LogP) is 4.62. The second kappa shape index (κ2) is 11.5. The number of rotatable bonds is 6. The van der Waals surface area contributed by atoms with E-state index in [0.29, 0.717) is 6.67 Å². The normalized spacial score (nSPS) is 9.88. The molecule has 0 atom stereocenters. The quantitative estimate of drug-likeness (QED) is 0.392. The van der Waals surface area contributed by atoms with Crippen molar-refractivity contribution in [2.75, 3.05) is 6.67 Å². The summed E-state index contributed by atoms with van der Waals surface area (Å²) in [5.41, 5.74) is 9.32. The second-order valence-corrected chi connectivity index (χ2v) is 6.14. The molecule has 0 aliphatic rings. The van der Waals surface area contributed by atoms with Crippen LogP contribution in [0.4, 0.5) is 0 Å². The Hall–Kier alpha value is -2.07. The van der Waals surface area contributed by atoms with Gasteiger partial charge in [-0.2, -0.15) is 0 Å². The van der Waals surface area contributed by atoms with E-state index in [9.17, 15) is 0 Å². The molecule has 0 unspecified atom stereocenters. The lowest BCUT2D eigenvalue weighted by atomic mass is 10.1.